The van der Waals surface area contributed by atoms with Crippen molar-refractivity contribution in [2.45, 2.75) is 19.6 Å². The molecule has 1 N–H and O–H groups in total. The van der Waals surface area contributed by atoms with Crippen molar-refractivity contribution in [3.05, 3.63) is 16.4 Å². The summed E-state index contributed by atoms with van der Waals surface area (Å²) >= 11 is 6.08. The number of aromatic nitrogens is 2. The minimum Gasteiger partial charge on any atom is -0.369 e. The van der Waals surface area contributed by atoms with Crippen molar-refractivity contribution in [2.75, 3.05) is 13.1 Å². The second-order valence-electron chi connectivity index (χ2n) is 3.56. The van der Waals surface area contributed by atoms with Crippen LogP contribution in [0.3, 0.4) is 0 Å². The van der Waals surface area contributed by atoms with Gasteiger partial charge in [-0.2, -0.15) is 5.10 Å². The van der Waals surface area contributed by atoms with Crippen LogP contribution in [0.4, 0.5) is 0 Å². The van der Waals surface area contributed by atoms with Crippen LogP contribution in [0.5, 0.6) is 0 Å². The molecule has 0 aliphatic carbocycles. The Morgan fingerprint density at radius 2 is 2.36 bits per heavy atom. The topological polar surface area (TPSA) is 39.1 Å². The average molecular weight is 216 g/mol. The predicted octanol–water partition coefficient (Wildman–Crippen LogP) is 0.870. The van der Waals surface area contributed by atoms with E-state index in [-0.39, 0.29) is 0 Å². The first-order valence-electron chi connectivity index (χ1n) is 4.68. The largest absolute Gasteiger partial charge is 0.369 e. The molecule has 5 heteroatoms. The number of rotatable bonds is 3. The summed E-state index contributed by atoms with van der Waals surface area (Å²) in [5.41, 5.74) is 1.82. The van der Waals surface area contributed by atoms with E-state index < -0.39 is 0 Å². The Morgan fingerprint density at radius 1 is 1.64 bits per heavy atom. The van der Waals surface area contributed by atoms with E-state index in [1.54, 1.807) is 4.68 Å². The maximum atomic E-state index is 6.08. The zero-order valence-corrected chi connectivity index (χ0v) is 9.14. The number of halogens is 1. The van der Waals surface area contributed by atoms with Crippen molar-refractivity contribution >= 4 is 11.6 Å². The van der Waals surface area contributed by atoms with Gasteiger partial charge in [0.25, 0.3) is 0 Å². The Bertz CT molecular complexity index is 333. The van der Waals surface area contributed by atoms with E-state index in [1.165, 1.54) is 0 Å². The molecule has 4 nitrogen and oxygen atoms in total. The van der Waals surface area contributed by atoms with Crippen LogP contribution in [0, 0.1) is 6.92 Å². The fourth-order valence-corrected chi connectivity index (χ4v) is 1.63. The van der Waals surface area contributed by atoms with Gasteiger partial charge in [0.15, 0.2) is 0 Å². The van der Waals surface area contributed by atoms with Gasteiger partial charge in [0.2, 0.25) is 0 Å². The quantitative estimate of drug-likeness (QED) is 0.814. The Kier molecular flexibility index (Phi) is 2.76. The minimum absolute atomic E-state index is 0.335. The number of ether oxygens (including phenoxy) is 1. The van der Waals surface area contributed by atoms with E-state index in [0.29, 0.717) is 12.7 Å². The Labute approximate surface area is 88.2 Å². The van der Waals surface area contributed by atoms with Gasteiger partial charge in [-0.1, -0.05) is 11.6 Å². The van der Waals surface area contributed by atoms with E-state index in [4.69, 9.17) is 16.3 Å². The molecule has 0 amide bonds. The summed E-state index contributed by atoms with van der Waals surface area (Å²) in [6.45, 7) is 4.32. The maximum absolute atomic E-state index is 6.08. The molecule has 2 rings (SSSR count). The highest BCUT2D eigenvalue weighted by atomic mass is 35.5. The molecule has 0 bridgehead atoms. The molecule has 1 aliphatic heterocycles. The summed E-state index contributed by atoms with van der Waals surface area (Å²) in [5.74, 6) is 0. The van der Waals surface area contributed by atoms with E-state index in [0.717, 1.165) is 29.5 Å². The molecule has 0 spiro atoms. The van der Waals surface area contributed by atoms with Gasteiger partial charge >= 0.3 is 0 Å². The molecule has 1 aromatic rings. The SMILES string of the molecule is Cc1nn(C)c(COC2CNC2)c1Cl. The van der Waals surface area contributed by atoms with Crippen LogP contribution < -0.4 is 5.32 Å². The highest BCUT2D eigenvalue weighted by Crippen LogP contribution is 2.20. The second-order valence-corrected chi connectivity index (χ2v) is 3.94. The van der Waals surface area contributed by atoms with Crippen molar-refractivity contribution in [3.8, 4) is 0 Å². The van der Waals surface area contributed by atoms with Crippen molar-refractivity contribution < 1.29 is 4.74 Å². The second kappa shape index (κ2) is 3.88. The first-order valence-corrected chi connectivity index (χ1v) is 5.06. The minimum atomic E-state index is 0.335. The van der Waals surface area contributed by atoms with Gasteiger partial charge in [0.1, 0.15) is 0 Å². The monoisotopic (exact) mass is 215 g/mol. The molecule has 1 saturated heterocycles. The number of nitrogens with zero attached hydrogens (tertiary/aromatic N) is 2. The first kappa shape index (κ1) is 9.96. The summed E-state index contributed by atoms with van der Waals surface area (Å²) < 4.78 is 7.41. The molecule has 1 aromatic heterocycles. The average Bonchev–Trinajstić information content (AvgIpc) is 2.28. The van der Waals surface area contributed by atoms with Crippen LogP contribution in [0.2, 0.25) is 5.02 Å². The molecule has 1 fully saturated rings. The molecular weight excluding hydrogens is 202 g/mol. The van der Waals surface area contributed by atoms with Crippen LogP contribution in [0.25, 0.3) is 0 Å². The van der Waals surface area contributed by atoms with E-state index in [1.807, 2.05) is 14.0 Å². The van der Waals surface area contributed by atoms with Crippen molar-refractivity contribution in [3.63, 3.8) is 0 Å². The third-order valence-electron chi connectivity index (χ3n) is 2.46. The van der Waals surface area contributed by atoms with Crippen molar-refractivity contribution in [1.82, 2.24) is 15.1 Å². The zero-order valence-electron chi connectivity index (χ0n) is 8.38. The number of nitrogens with one attached hydrogen (secondary N) is 1. The molecule has 78 valence electrons. The van der Waals surface area contributed by atoms with Crippen LogP contribution in [0.1, 0.15) is 11.4 Å². The van der Waals surface area contributed by atoms with Crippen LogP contribution in [0.15, 0.2) is 0 Å². The van der Waals surface area contributed by atoms with Gasteiger partial charge in [-0.3, -0.25) is 4.68 Å². The lowest BCUT2D eigenvalue weighted by Gasteiger charge is -2.27. The van der Waals surface area contributed by atoms with Gasteiger partial charge in [0.05, 0.1) is 29.1 Å². The van der Waals surface area contributed by atoms with Gasteiger partial charge in [0, 0.05) is 20.1 Å². The summed E-state index contributed by atoms with van der Waals surface area (Å²) in [5, 5.41) is 8.10. The predicted molar refractivity (Wildman–Crippen MR) is 54.4 cm³/mol. The number of hydrogen-bond donors (Lipinski definition) is 1. The Morgan fingerprint density at radius 3 is 2.79 bits per heavy atom. The lowest BCUT2D eigenvalue weighted by Crippen LogP contribution is -2.48. The highest BCUT2D eigenvalue weighted by molar-refractivity contribution is 6.31. The molecular formula is C9H14ClN3O. The van der Waals surface area contributed by atoms with E-state index >= 15 is 0 Å². The third kappa shape index (κ3) is 1.78. The summed E-state index contributed by atoms with van der Waals surface area (Å²) in [7, 11) is 1.89. The van der Waals surface area contributed by atoms with Gasteiger partial charge < -0.3 is 10.1 Å². The normalized spacial score (nSPS) is 17.1. The summed E-state index contributed by atoms with van der Waals surface area (Å²) in [4.78, 5) is 0. The van der Waals surface area contributed by atoms with Gasteiger partial charge in [-0.15, -0.1) is 0 Å². The third-order valence-corrected chi connectivity index (χ3v) is 2.95. The highest BCUT2D eigenvalue weighted by Gasteiger charge is 2.19. The van der Waals surface area contributed by atoms with Crippen LogP contribution in [-0.4, -0.2) is 29.0 Å². The Balaban J connectivity index is 2.00. The first-order chi connectivity index (χ1) is 6.68. The van der Waals surface area contributed by atoms with Crippen molar-refractivity contribution in [2.24, 2.45) is 7.05 Å². The number of hydrogen-bond acceptors (Lipinski definition) is 3. The molecule has 0 aromatic carbocycles. The molecule has 0 radical (unpaired) electrons. The van der Waals surface area contributed by atoms with E-state index in [9.17, 15) is 0 Å². The summed E-state index contributed by atoms with van der Waals surface area (Å²) in [6, 6.07) is 0. The lowest BCUT2D eigenvalue weighted by atomic mass is 10.2. The summed E-state index contributed by atoms with van der Waals surface area (Å²) in [6.07, 6.45) is 0.335. The number of aryl methyl sites for hydroxylation is 2. The fourth-order valence-electron chi connectivity index (χ4n) is 1.41. The molecule has 2 heterocycles. The van der Waals surface area contributed by atoms with Gasteiger partial charge in [-0.25, -0.2) is 0 Å². The zero-order chi connectivity index (χ0) is 10.1. The Hall–Kier alpha value is -0.580. The van der Waals surface area contributed by atoms with E-state index in [2.05, 4.69) is 10.4 Å². The van der Waals surface area contributed by atoms with Crippen molar-refractivity contribution in [1.29, 1.82) is 0 Å². The molecule has 0 unspecified atom stereocenters. The molecule has 0 saturated carbocycles. The lowest BCUT2D eigenvalue weighted by molar-refractivity contribution is 0.00480. The molecule has 1 aliphatic rings. The fraction of sp³-hybridized carbons (Fsp3) is 0.667. The maximum Gasteiger partial charge on any atom is 0.0905 e. The smallest absolute Gasteiger partial charge is 0.0905 e. The van der Waals surface area contributed by atoms with Crippen LogP contribution >= 0.6 is 11.6 Å². The van der Waals surface area contributed by atoms with Gasteiger partial charge in [-0.05, 0) is 6.92 Å². The molecule has 14 heavy (non-hydrogen) atoms. The standard InChI is InChI=1S/C9H14ClN3O/c1-6-9(10)8(13(2)12-6)5-14-7-3-11-4-7/h7,11H,3-5H2,1-2H3. The van der Waals surface area contributed by atoms with Crippen LogP contribution in [-0.2, 0) is 18.4 Å². The molecule has 0 atom stereocenters.